The van der Waals surface area contributed by atoms with Crippen LogP contribution >= 0.6 is 0 Å². The fourth-order valence-electron chi connectivity index (χ4n) is 2.03. The summed E-state index contributed by atoms with van der Waals surface area (Å²) in [5.74, 6) is 0. The minimum atomic E-state index is -0.705. The molecule has 9 heteroatoms. The molecule has 22 heavy (non-hydrogen) atoms. The van der Waals surface area contributed by atoms with Gasteiger partial charge in [-0.2, -0.15) is 4.80 Å². The molecule has 9 nitrogen and oxygen atoms in total. The minimum Gasteiger partial charge on any atom is -0.258 e. The topological polar surface area (TPSA) is 117 Å². The highest BCUT2D eigenvalue weighted by molar-refractivity contribution is 5.86. The van der Waals surface area contributed by atoms with Crippen molar-refractivity contribution >= 4 is 22.4 Å². The van der Waals surface area contributed by atoms with Gasteiger partial charge in [0.05, 0.1) is 21.6 Å². The van der Waals surface area contributed by atoms with Crippen molar-refractivity contribution in [3.8, 4) is 5.69 Å². The maximum Gasteiger partial charge on any atom is 0.305 e. The molecule has 3 rings (SSSR count). The van der Waals surface area contributed by atoms with Gasteiger partial charge in [0.25, 0.3) is 5.69 Å². The summed E-state index contributed by atoms with van der Waals surface area (Å²) in [5.41, 5.74) is 0.927. The van der Waals surface area contributed by atoms with Crippen LogP contribution in [-0.4, -0.2) is 24.8 Å². The number of nitro benzene ring substituents is 2. The number of rotatable bonds is 3. The first-order valence-electron chi connectivity index (χ1n) is 6.22. The van der Waals surface area contributed by atoms with Gasteiger partial charge < -0.3 is 0 Å². The predicted molar refractivity (Wildman–Crippen MR) is 76.9 cm³/mol. The highest BCUT2D eigenvalue weighted by Gasteiger charge is 2.23. The Morgan fingerprint density at radius 2 is 1.68 bits per heavy atom. The van der Waals surface area contributed by atoms with Crippen LogP contribution in [0.3, 0.4) is 0 Å². The van der Waals surface area contributed by atoms with E-state index >= 15 is 0 Å². The molecule has 0 N–H and O–H groups in total. The first-order chi connectivity index (χ1) is 10.5. The first-order valence-corrected chi connectivity index (χ1v) is 6.22. The summed E-state index contributed by atoms with van der Waals surface area (Å²) >= 11 is 0. The van der Waals surface area contributed by atoms with Crippen LogP contribution in [0.1, 0.15) is 5.56 Å². The van der Waals surface area contributed by atoms with E-state index in [1.54, 1.807) is 12.1 Å². The van der Waals surface area contributed by atoms with Gasteiger partial charge in [-0.3, -0.25) is 20.2 Å². The molecule has 1 heterocycles. The predicted octanol–water partition coefficient (Wildman–Crippen LogP) is 2.55. The molecule has 0 atom stereocenters. The van der Waals surface area contributed by atoms with Crippen molar-refractivity contribution in [1.29, 1.82) is 0 Å². The van der Waals surface area contributed by atoms with Gasteiger partial charge in [0.1, 0.15) is 5.52 Å². The lowest BCUT2D eigenvalue weighted by Gasteiger charge is -1.98. The fourth-order valence-corrected chi connectivity index (χ4v) is 2.03. The van der Waals surface area contributed by atoms with E-state index in [4.69, 9.17) is 0 Å². The van der Waals surface area contributed by atoms with Gasteiger partial charge in [0, 0.05) is 6.07 Å². The first kappa shape index (κ1) is 13.6. The van der Waals surface area contributed by atoms with Gasteiger partial charge in [0.15, 0.2) is 5.52 Å². The molecule has 1 aromatic heterocycles. The van der Waals surface area contributed by atoms with E-state index in [0.717, 1.165) is 11.6 Å². The second kappa shape index (κ2) is 4.88. The average molecular weight is 299 g/mol. The minimum absolute atomic E-state index is 0.0103. The summed E-state index contributed by atoms with van der Waals surface area (Å²) in [6, 6.07) is 9.26. The van der Waals surface area contributed by atoms with Gasteiger partial charge in [-0.25, -0.2) is 0 Å². The van der Waals surface area contributed by atoms with Crippen molar-refractivity contribution in [2.45, 2.75) is 6.92 Å². The van der Waals surface area contributed by atoms with Crippen molar-refractivity contribution in [2.24, 2.45) is 0 Å². The standard InChI is InChI=1S/C13H9N5O4/c1-8-2-4-9(5-3-8)16-14-11-6-10(17(19)20)7-12(18(21)22)13(11)15-16/h2-7H,1H3. The summed E-state index contributed by atoms with van der Waals surface area (Å²) in [7, 11) is 0. The zero-order valence-corrected chi connectivity index (χ0v) is 11.3. The summed E-state index contributed by atoms with van der Waals surface area (Å²) in [6.45, 7) is 1.92. The van der Waals surface area contributed by atoms with E-state index in [9.17, 15) is 20.2 Å². The highest BCUT2D eigenvalue weighted by Crippen LogP contribution is 2.29. The lowest BCUT2D eigenvalue weighted by Crippen LogP contribution is -1.98. The maximum absolute atomic E-state index is 11.1. The van der Waals surface area contributed by atoms with Crippen molar-refractivity contribution in [3.63, 3.8) is 0 Å². The molecule has 0 aliphatic rings. The van der Waals surface area contributed by atoms with Crippen molar-refractivity contribution in [1.82, 2.24) is 15.0 Å². The Bertz CT molecular complexity index is 901. The molecule has 0 fully saturated rings. The van der Waals surface area contributed by atoms with Crippen LogP contribution in [0.25, 0.3) is 16.7 Å². The molecule has 0 unspecified atom stereocenters. The smallest absolute Gasteiger partial charge is 0.258 e. The number of hydrogen-bond acceptors (Lipinski definition) is 6. The van der Waals surface area contributed by atoms with Crippen LogP contribution < -0.4 is 0 Å². The molecular formula is C13H9N5O4. The number of nitrogens with zero attached hydrogens (tertiary/aromatic N) is 5. The third-order valence-electron chi connectivity index (χ3n) is 3.12. The number of aryl methyl sites for hydroxylation is 1. The summed E-state index contributed by atoms with van der Waals surface area (Å²) in [4.78, 5) is 21.8. The van der Waals surface area contributed by atoms with E-state index in [-0.39, 0.29) is 11.0 Å². The van der Waals surface area contributed by atoms with Gasteiger partial charge in [0.2, 0.25) is 0 Å². The molecular weight excluding hydrogens is 290 g/mol. The monoisotopic (exact) mass is 299 g/mol. The van der Waals surface area contributed by atoms with Gasteiger partial charge in [-0.15, -0.1) is 10.2 Å². The molecule has 0 aliphatic carbocycles. The number of non-ortho nitro benzene ring substituents is 2. The summed E-state index contributed by atoms with van der Waals surface area (Å²) in [5, 5.41) is 30.1. The van der Waals surface area contributed by atoms with Crippen LogP contribution in [-0.2, 0) is 0 Å². The normalized spacial score (nSPS) is 10.8. The van der Waals surface area contributed by atoms with Gasteiger partial charge in [-0.1, -0.05) is 17.7 Å². The average Bonchev–Trinajstić information content (AvgIpc) is 2.90. The van der Waals surface area contributed by atoms with Crippen LogP contribution in [0.5, 0.6) is 0 Å². The third kappa shape index (κ3) is 2.24. The van der Waals surface area contributed by atoms with E-state index < -0.39 is 21.2 Å². The highest BCUT2D eigenvalue weighted by atomic mass is 16.6. The van der Waals surface area contributed by atoms with Crippen LogP contribution in [0, 0.1) is 27.2 Å². The molecule has 3 aromatic rings. The number of fused-ring (bicyclic) bond motifs is 1. The Labute approximate surface area is 123 Å². The van der Waals surface area contributed by atoms with Crippen molar-refractivity contribution in [3.05, 3.63) is 62.2 Å². The second-order valence-corrected chi connectivity index (χ2v) is 4.67. The number of benzene rings is 2. The van der Waals surface area contributed by atoms with E-state index in [1.165, 1.54) is 10.9 Å². The zero-order valence-electron chi connectivity index (χ0n) is 11.3. The number of hydrogen-bond donors (Lipinski definition) is 0. The molecule has 0 saturated carbocycles. The van der Waals surface area contributed by atoms with Gasteiger partial charge in [-0.05, 0) is 19.1 Å². The van der Waals surface area contributed by atoms with Crippen molar-refractivity contribution in [2.75, 3.05) is 0 Å². The Hall–Kier alpha value is -3.36. The largest absolute Gasteiger partial charge is 0.305 e. The van der Waals surface area contributed by atoms with E-state index in [1.807, 2.05) is 19.1 Å². The Balaban J connectivity index is 2.24. The lowest BCUT2D eigenvalue weighted by molar-refractivity contribution is -0.393. The molecule has 0 amide bonds. The fraction of sp³-hybridized carbons (Fsp3) is 0.0769. The SMILES string of the molecule is Cc1ccc(-n2nc3cc([N+](=O)[O-])cc([N+](=O)[O-])c3n2)cc1. The van der Waals surface area contributed by atoms with Crippen LogP contribution in [0.2, 0.25) is 0 Å². The Kier molecular flexibility index (Phi) is 3.02. The Morgan fingerprint density at radius 3 is 2.27 bits per heavy atom. The molecule has 110 valence electrons. The summed E-state index contributed by atoms with van der Waals surface area (Å²) < 4.78 is 0. The van der Waals surface area contributed by atoms with Gasteiger partial charge >= 0.3 is 5.69 Å². The molecule has 2 aromatic carbocycles. The summed E-state index contributed by atoms with van der Waals surface area (Å²) in [6.07, 6.45) is 0. The van der Waals surface area contributed by atoms with E-state index in [2.05, 4.69) is 10.2 Å². The Morgan fingerprint density at radius 1 is 1.00 bits per heavy atom. The molecule has 0 bridgehead atoms. The van der Waals surface area contributed by atoms with Crippen LogP contribution in [0.4, 0.5) is 11.4 Å². The van der Waals surface area contributed by atoms with E-state index in [0.29, 0.717) is 5.69 Å². The quantitative estimate of drug-likeness (QED) is 0.541. The number of nitro groups is 2. The molecule has 0 aliphatic heterocycles. The molecule has 0 saturated heterocycles. The maximum atomic E-state index is 11.1. The molecule has 0 radical (unpaired) electrons. The molecule has 0 spiro atoms. The third-order valence-corrected chi connectivity index (χ3v) is 3.12. The number of aromatic nitrogens is 3. The zero-order chi connectivity index (χ0) is 15.9. The van der Waals surface area contributed by atoms with Crippen LogP contribution in [0.15, 0.2) is 36.4 Å². The van der Waals surface area contributed by atoms with Crippen molar-refractivity contribution < 1.29 is 9.85 Å². The lowest BCUT2D eigenvalue weighted by atomic mass is 10.2. The second-order valence-electron chi connectivity index (χ2n) is 4.67.